The van der Waals surface area contributed by atoms with Gasteiger partial charge in [0.1, 0.15) is 10.8 Å². The van der Waals surface area contributed by atoms with Gasteiger partial charge in [0.2, 0.25) is 0 Å². The van der Waals surface area contributed by atoms with Crippen LogP contribution in [0.4, 0.5) is 0 Å². The number of hydrogen-bond donors (Lipinski definition) is 1. The molecule has 0 unspecified atom stereocenters. The Labute approximate surface area is 104 Å². The normalized spacial score (nSPS) is 21.1. The third-order valence-corrected chi connectivity index (χ3v) is 3.86. The number of nitrogens with zero attached hydrogens (tertiary/aromatic N) is 4. The summed E-state index contributed by atoms with van der Waals surface area (Å²) in [6.45, 7) is 3.96. The summed E-state index contributed by atoms with van der Waals surface area (Å²) in [5.41, 5.74) is 0. The Morgan fingerprint density at radius 2 is 2.53 bits per heavy atom. The van der Waals surface area contributed by atoms with Crippen molar-refractivity contribution in [3.05, 3.63) is 28.2 Å². The second kappa shape index (κ2) is 4.54. The summed E-state index contributed by atoms with van der Waals surface area (Å²) in [6.07, 6.45) is 4.22. The summed E-state index contributed by atoms with van der Waals surface area (Å²) in [7, 11) is 0. The third kappa shape index (κ3) is 2.23. The fourth-order valence-electron chi connectivity index (χ4n) is 2.32. The summed E-state index contributed by atoms with van der Waals surface area (Å²) in [4.78, 5) is 11.2. The van der Waals surface area contributed by atoms with Crippen molar-refractivity contribution >= 4 is 11.3 Å². The highest BCUT2D eigenvalue weighted by Gasteiger charge is 2.29. The molecule has 1 N–H and O–H groups in total. The van der Waals surface area contributed by atoms with Crippen LogP contribution < -0.4 is 0 Å². The highest BCUT2D eigenvalue weighted by atomic mass is 32.1. The second-order valence-electron chi connectivity index (χ2n) is 4.33. The predicted octanol–water partition coefficient (Wildman–Crippen LogP) is 1.91. The molecule has 1 fully saturated rings. The van der Waals surface area contributed by atoms with Crippen molar-refractivity contribution in [2.24, 2.45) is 0 Å². The molecular formula is C11H15N5S. The molecule has 0 bridgehead atoms. The second-order valence-corrected chi connectivity index (χ2v) is 5.31. The van der Waals surface area contributed by atoms with Gasteiger partial charge in [0, 0.05) is 11.6 Å². The zero-order valence-electron chi connectivity index (χ0n) is 9.76. The van der Waals surface area contributed by atoms with E-state index in [1.807, 2.05) is 18.5 Å². The smallest absolute Gasteiger partial charge is 0.167 e. The van der Waals surface area contributed by atoms with Crippen molar-refractivity contribution in [2.75, 3.05) is 6.54 Å². The fraction of sp³-hybridized carbons (Fsp3) is 0.545. The van der Waals surface area contributed by atoms with Crippen LogP contribution in [0, 0.1) is 6.92 Å². The van der Waals surface area contributed by atoms with Crippen LogP contribution in [0.2, 0.25) is 0 Å². The van der Waals surface area contributed by atoms with Crippen LogP contribution in [0.1, 0.15) is 35.5 Å². The molecule has 3 rings (SSSR count). The van der Waals surface area contributed by atoms with Gasteiger partial charge in [-0.05, 0) is 26.3 Å². The minimum Gasteiger partial charge on any atom is -0.287 e. The van der Waals surface area contributed by atoms with E-state index in [1.165, 1.54) is 11.4 Å². The molecule has 6 heteroatoms. The number of aromatic nitrogens is 4. The van der Waals surface area contributed by atoms with Crippen LogP contribution in [0.5, 0.6) is 0 Å². The number of likely N-dealkylation sites (tertiary alicyclic amines) is 1. The van der Waals surface area contributed by atoms with Crippen LogP contribution in [-0.4, -0.2) is 31.6 Å². The molecular weight excluding hydrogens is 234 g/mol. The first kappa shape index (κ1) is 10.9. The van der Waals surface area contributed by atoms with Gasteiger partial charge in [-0.2, -0.15) is 5.10 Å². The molecule has 1 atom stereocenters. The summed E-state index contributed by atoms with van der Waals surface area (Å²) in [5, 5.41) is 10.4. The molecule has 3 heterocycles. The van der Waals surface area contributed by atoms with Gasteiger partial charge in [0.25, 0.3) is 0 Å². The summed E-state index contributed by atoms with van der Waals surface area (Å²) >= 11 is 1.71. The molecule has 90 valence electrons. The zero-order valence-corrected chi connectivity index (χ0v) is 10.6. The van der Waals surface area contributed by atoms with Gasteiger partial charge in [-0.25, -0.2) is 9.97 Å². The van der Waals surface area contributed by atoms with Crippen molar-refractivity contribution in [1.29, 1.82) is 0 Å². The Morgan fingerprint density at radius 1 is 1.59 bits per heavy atom. The van der Waals surface area contributed by atoms with Crippen LogP contribution in [0.3, 0.4) is 0 Å². The standard InChI is InChI=1S/C11H15N5S/c1-8-13-11(15-14-8)9-3-2-5-16(9)7-10-12-4-6-17-10/h4,6,9H,2-3,5,7H2,1H3,(H,13,14,15)/t9-/m0/s1. The summed E-state index contributed by atoms with van der Waals surface area (Å²) < 4.78 is 0. The first-order chi connectivity index (χ1) is 8.33. The lowest BCUT2D eigenvalue weighted by molar-refractivity contribution is 0.240. The van der Waals surface area contributed by atoms with E-state index in [9.17, 15) is 0 Å². The maximum Gasteiger partial charge on any atom is 0.167 e. The molecule has 1 aliphatic rings. The van der Waals surface area contributed by atoms with E-state index in [2.05, 4.69) is 25.1 Å². The van der Waals surface area contributed by atoms with Crippen molar-refractivity contribution in [3.8, 4) is 0 Å². The molecule has 5 nitrogen and oxygen atoms in total. The van der Waals surface area contributed by atoms with Gasteiger partial charge in [-0.3, -0.25) is 10.00 Å². The quantitative estimate of drug-likeness (QED) is 0.902. The molecule has 0 aliphatic carbocycles. The molecule has 0 amide bonds. The van der Waals surface area contributed by atoms with Crippen molar-refractivity contribution in [2.45, 2.75) is 32.4 Å². The number of aryl methyl sites for hydroxylation is 1. The topological polar surface area (TPSA) is 57.7 Å². The molecule has 0 aromatic carbocycles. The summed E-state index contributed by atoms with van der Waals surface area (Å²) in [5.74, 6) is 1.82. The minimum atomic E-state index is 0.351. The van der Waals surface area contributed by atoms with Crippen LogP contribution in [0.25, 0.3) is 0 Å². The maximum atomic E-state index is 4.45. The van der Waals surface area contributed by atoms with E-state index in [0.29, 0.717) is 6.04 Å². The molecule has 2 aromatic heterocycles. The van der Waals surface area contributed by atoms with Gasteiger partial charge in [0.15, 0.2) is 5.82 Å². The Hall–Kier alpha value is -1.27. The molecule has 0 saturated carbocycles. The fourth-order valence-corrected chi connectivity index (χ4v) is 2.96. The van der Waals surface area contributed by atoms with Crippen LogP contribution in [0.15, 0.2) is 11.6 Å². The minimum absolute atomic E-state index is 0.351. The molecule has 1 aliphatic heterocycles. The van der Waals surface area contributed by atoms with Gasteiger partial charge < -0.3 is 0 Å². The highest BCUT2D eigenvalue weighted by molar-refractivity contribution is 7.09. The predicted molar refractivity (Wildman–Crippen MR) is 65.6 cm³/mol. The average molecular weight is 249 g/mol. The molecule has 1 saturated heterocycles. The lowest BCUT2D eigenvalue weighted by Crippen LogP contribution is -2.23. The first-order valence-electron chi connectivity index (χ1n) is 5.84. The van der Waals surface area contributed by atoms with Crippen molar-refractivity contribution in [1.82, 2.24) is 25.1 Å². The van der Waals surface area contributed by atoms with Crippen molar-refractivity contribution < 1.29 is 0 Å². The lowest BCUT2D eigenvalue weighted by atomic mass is 10.2. The Bertz CT molecular complexity index is 478. The summed E-state index contributed by atoms with van der Waals surface area (Å²) in [6, 6.07) is 0.351. The average Bonchev–Trinajstić information content (AvgIpc) is 2.99. The van der Waals surface area contributed by atoms with E-state index in [-0.39, 0.29) is 0 Å². The number of nitrogens with one attached hydrogen (secondary N) is 1. The molecule has 0 radical (unpaired) electrons. The number of hydrogen-bond acceptors (Lipinski definition) is 5. The van der Waals surface area contributed by atoms with Gasteiger partial charge in [-0.1, -0.05) is 0 Å². The number of aromatic amines is 1. The van der Waals surface area contributed by atoms with Crippen LogP contribution >= 0.6 is 11.3 Å². The maximum absolute atomic E-state index is 4.45. The first-order valence-corrected chi connectivity index (χ1v) is 6.72. The van der Waals surface area contributed by atoms with Crippen LogP contribution in [-0.2, 0) is 6.54 Å². The largest absolute Gasteiger partial charge is 0.287 e. The van der Waals surface area contributed by atoms with E-state index in [0.717, 1.165) is 31.2 Å². The number of H-pyrrole nitrogens is 1. The Balaban J connectivity index is 1.76. The molecule has 2 aromatic rings. The van der Waals surface area contributed by atoms with Gasteiger partial charge in [0.05, 0.1) is 12.6 Å². The SMILES string of the molecule is Cc1nc([C@@H]2CCCN2Cc2nccs2)n[nH]1. The van der Waals surface area contributed by atoms with Crippen molar-refractivity contribution in [3.63, 3.8) is 0 Å². The van der Waals surface area contributed by atoms with Gasteiger partial charge in [-0.15, -0.1) is 11.3 Å². The van der Waals surface area contributed by atoms with E-state index in [1.54, 1.807) is 11.3 Å². The monoisotopic (exact) mass is 249 g/mol. The number of thiazole rings is 1. The van der Waals surface area contributed by atoms with E-state index >= 15 is 0 Å². The Kier molecular flexibility index (Phi) is 2.90. The lowest BCUT2D eigenvalue weighted by Gasteiger charge is -2.20. The van der Waals surface area contributed by atoms with E-state index in [4.69, 9.17) is 0 Å². The van der Waals surface area contributed by atoms with Gasteiger partial charge >= 0.3 is 0 Å². The van der Waals surface area contributed by atoms with E-state index < -0.39 is 0 Å². The zero-order chi connectivity index (χ0) is 11.7. The third-order valence-electron chi connectivity index (χ3n) is 3.10. The number of rotatable bonds is 3. The Morgan fingerprint density at radius 3 is 3.24 bits per heavy atom. The molecule has 0 spiro atoms. The molecule has 17 heavy (non-hydrogen) atoms. The highest BCUT2D eigenvalue weighted by Crippen LogP contribution is 2.31.